The van der Waals surface area contributed by atoms with Crippen LogP contribution < -0.4 is 5.32 Å². The number of likely N-dealkylation sites (N-methyl/N-ethyl adjacent to an activating group) is 1. The molecular formula is C13H23IN6. The van der Waals surface area contributed by atoms with Gasteiger partial charge >= 0.3 is 0 Å². The molecule has 1 saturated heterocycles. The molecule has 0 bridgehead atoms. The van der Waals surface area contributed by atoms with Crippen LogP contribution in [0.2, 0.25) is 0 Å². The summed E-state index contributed by atoms with van der Waals surface area (Å²) in [5, 5.41) is 12.0. The van der Waals surface area contributed by atoms with Crippen molar-refractivity contribution in [3.63, 3.8) is 0 Å². The van der Waals surface area contributed by atoms with Gasteiger partial charge in [-0.1, -0.05) is 13.8 Å². The largest absolute Gasteiger partial charge is 0.351 e. The van der Waals surface area contributed by atoms with Gasteiger partial charge in [0.25, 0.3) is 0 Å². The molecule has 0 amide bonds. The van der Waals surface area contributed by atoms with Crippen molar-refractivity contribution in [2.24, 2.45) is 10.9 Å². The second-order valence-corrected chi connectivity index (χ2v) is 6.06. The number of aliphatic imine (C=N–C) groups is 1. The Labute approximate surface area is 137 Å². The number of rotatable bonds is 4. The first-order chi connectivity index (χ1) is 9.11. The van der Waals surface area contributed by atoms with E-state index in [0.717, 1.165) is 31.9 Å². The third kappa shape index (κ3) is 2.91. The Bertz CT molecular complexity index is 465. The third-order valence-electron chi connectivity index (χ3n) is 4.14. The van der Waals surface area contributed by atoms with Gasteiger partial charge in [-0.25, -0.2) is 0 Å². The van der Waals surface area contributed by atoms with Gasteiger partial charge in [-0.05, 0) is 18.8 Å². The normalized spacial score (nSPS) is 25.7. The van der Waals surface area contributed by atoms with E-state index in [0.29, 0.717) is 12.0 Å². The number of nitrogens with zero attached hydrogens (tertiary/aromatic N) is 5. The van der Waals surface area contributed by atoms with Gasteiger partial charge in [-0.3, -0.25) is 4.99 Å². The summed E-state index contributed by atoms with van der Waals surface area (Å²) in [5.74, 6) is 1.63. The molecule has 0 aromatic carbocycles. The molecule has 1 aromatic heterocycles. The quantitative estimate of drug-likeness (QED) is 0.788. The first-order valence-corrected chi connectivity index (χ1v) is 7.00. The van der Waals surface area contributed by atoms with Gasteiger partial charge in [-0.2, -0.15) is 15.0 Å². The van der Waals surface area contributed by atoms with Gasteiger partial charge in [0.15, 0.2) is 5.96 Å². The minimum atomic E-state index is 0. The van der Waals surface area contributed by atoms with E-state index in [1.54, 1.807) is 12.4 Å². The van der Waals surface area contributed by atoms with E-state index in [1.165, 1.54) is 0 Å². The highest BCUT2D eigenvalue weighted by Gasteiger charge is 2.46. The van der Waals surface area contributed by atoms with Crippen molar-refractivity contribution in [2.45, 2.75) is 38.3 Å². The van der Waals surface area contributed by atoms with Crippen LogP contribution in [0.4, 0.5) is 0 Å². The molecule has 2 heterocycles. The van der Waals surface area contributed by atoms with Gasteiger partial charge in [0.1, 0.15) is 5.54 Å². The molecule has 2 aliphatic rings. The highest BCUT2D eigenvalue weighted by atomic mass is 127. The van der Waals surface area contributed by atoms with Crippen LogP contribution in [-0.2, 0) is 5.54 Å². The zero-order valence-corrected chi connectivity index (χ0v) is 14.6. The molecule has 7 heteroatoms. The van der Waals surface area contributed by atoms with Gasteiger partial charge in [0, 0.05) is 19.6 Å². The minimum absolute atomic E-state index is 0. The van der Waals surface area contributed by atoms with E-state index in [9.17, 15) is 0 Å². The second-order valence-electron chi connectivity index (χ2n) is 6.06. The van der Waals surface area contributed by atoms with E-state index in [4.69, 9.17) is 4.99 Å². The van der Waals surface area contributed by atoms with Crippen molar-refractivity contribution < 1.29 is 0 Å². The summed E-state index contributed by atoms with van der Waals surface area (Å²) in [7, 11) is 2.10. The van der Waals surface area contributed by atoms with Crippen LogP contribution in [0.1, 0.15) is 26.7 Å². The summed E-state index contributed by atoms with van der Waals surface area (Å²) in [6.07, 6.45) is 5.72. The van der Waals surface area contributed by atoms with E-state index in [2.05, 4.69) is 41.3 Å². The monoisotopic (exact) mass is 390 g/mol. The van der Waals surface area contributed by atoms with Crippen molar-refractivity contribution in [2.75, 3.05) is 20.1 Å². The molecule has 1 aromatic rings. The smallest absolute Gasteiger partial charge is 0.194 e. The molecular weight excluding hydrogens is 367 g/mol. The van der Waals surface area contributed by atoms with Crippen LogP contribution in [0.3, 0.4) is 0 Å². The predicted octanol–water partition coefficient (Wildman–Crippen LogP) is 1.30. The third-order valence-corrected chi connectivity index (χ3v) is 4.14. The first kappa shape index (κ1) is 15.5. The lowest BCUT2D eigenvalue weighted by molar-refractivity contribution is 0.388. The highest BCUT2D eigenvalue weighted by molar-refractivity contribution is 14.0. The fraction of sp³-hybridized carbons (Fsp3) is 0.769. The van der Waals surface area contributed by atoms with Crippen molar-refractivity contribution in [3.05, 3.63) is 12.4 Å². The van der Waals surface area contributed by atoms with E-state index < -0.39 is 0 Å². The van der Waals surface area contributed by atoms with E-state index in [-0.39, 0.29) is 29.5 Å². The summed E-state index contributed by atoms with van der Waals surface area (Å²) in [4.78, 5) is 8.79. The Balaban J connectivity index is 0.00000147. The average molecular weight is 390 g/mol. The van der Waals surface area contributed by atoms with E-state index in [1.807, 2.05) is 4.80 Å². The summed E-state index contributed by atoms with van der Waals surface area (Å²) in [6.45, 7) is 6.28. The Morgan fingerprint density at radius 1 is 1.40 bits per heavy atom. The predicted molar refractivity (Wildman–Crippen MR) is 89.3 cm³/mol. The van der Waals surface area contributed by atoms with Gasteiger partial charge in [0.05, 0.1) is 18.9 Å². The maximum atomic E-state index is 4.76. The number of halogens is 1. The van der Waals surface area contributed by atoms with Crippen molar-refractivity contribution in [1.82, 2.24) is 25.2 Å². The van der Waals surface area contributed by atoms with Crippen molar-refractivity contribution in [1.29, 1.82) is 0 Å². The molecule has 1 saturated carbocycles. The van der Waals surface area contributed by atoms with Crippen molar-refractivity contribution in [3.8, 4) is 0 Å². The molecule has 2 fully saturated rings. The highest BCUT2D eigenvalue weighted by Crippen LogP contribution is 2.42. The summed E-state index contributed by atoms with van der Waals surface area (Å²) < 4.78 is 0. The molecule has 20 heavy (non-hydrogen) atoms. The lowest BCUT2D eigenvalue weighted by Crippen LogP contribution is -2.33. The lowest BCUT2D eigenvalue weighted by Gasteiger charge is -2.14. The maximum Gasteiger partial charge on any atom is 0.194 e. The van der Waals surface area contributed by atoms with Crippen molar-refractivity contribution >= 4 is 29.9 Å². The molecule has 1 unspecified atom stereocenters. The zero-order valence-electron chi connectivity index (χ0n) is 12.3. The SMILES string of the molecule is CC(C)C1CN(C)C(=NCC2(n3nccn3)CC2)N1.I. The molecule has 6 nitrogen and oxygen atoms in total. The standard InChI is InChI=1S/C13H22N6.HI/c1-10(2)11-8-18(3)12(17-11)14-9-13(4-5-13)19-15-6-7-16-19;/h6-7,10-11H,4-5,8-9H2,1-3H3,(H,14,17);1H. The molecule has 0 spiro atoms. The molecule has 0 radical (unpaired) electrons. The zero-order chi connectivity index (χ0) is 13.5. The van der Waals surface area contributed by atoms with Crippen LogP contribution in [0.25, 0.3) is 0 Å². The number of guanidine groups is 1. The Kier molecular flexibility index (Phi) is 4.55. The van der Waals surface area contributed by atoms with Gasteiger partial charge in [-0.15, -0.1) is 24.0 Å². The maximum absolute atomic E-state index is 4.76. The van der Waals surface area contributed by atoms with Crippen LogP contribution in [-0.4, -0.2) is 52.0 Å². The second kappa shape index (κ2) is 5.87. The summed E-state index contributed by atoms with van der Waals surface area (Å²) >= 11 is 0. The Hall–Kier alpha value is -0.860. The molecule has 112 valence electrons. The van der Waals surface area contributed by atoms with Crippen LogP contribution >= 0.6 is 24.0 Å². The summed E-state index contributed by atoms with van der Waals surface area (Å²) in [5.41, 5.74) is 0.0366. The lowest BCUT2D eigenvalue weighted by atomic mass is 10.1. The number of hydrogen-bond donors (Lipinski definition) is 1. The van der Waals surface area contributed by atoms with Crippen LogP contribution in [0.15, 0.2) is 17.4 Å². The number of aromatic nitrogens is 3. The fourth-order valence-electron chi connectivity index (χ4n) is 2.50. The Morgan fingerprint density at radius 2 is 2.05 bits per heavy atom. The molecule has 3 rings (SSSR count). The Morgan fingerprint density at radius 3 is 2.55 bits per heavy atom. The van der Waals surface area contributed by atoms with E-state index >= 15 is 0 Å². The topological polar surface area (TPSA) is 58.3 Å². The molecule has 1 aliphatic carbocycles. The summed E-state index contributed by atoms with van der Waals surface area (Å²) in [6, 6.07) is 0.502. The molecule has 1 N–H and O–H groups in total. The first-order valence-electron chi connectivity index (χ1n) is 7.00. The van der Waals surface area contributed by atoms with Gasteiger partial charge < -0.3 is 10.2 Å². The minimum Gasteiger partial charge on any atom is -0.351 e. The van der Waals surface area contributed by atoms with Gasteiger partial charge in [0.2, 0.25) is 0 Å². The van der Waals surface area contributed by atoms with Crippen LogP contribution in [0, 0.1) is 5.92 Å². The number of nitrogens with one attached hydrogen (secondary N) is 1. The average Bonchev–Trinajstić information content (AvgIpc) is 2.83. The molecule has 1 atom stereocenters. The van der Waals surface area contributed by atoms with Crippen LogP contribution in [0.5, 0.6) is 0 Å². The molecule has 1 aliphatic heterocycles. The number of hydrogen-bond acceptors (Lipinski definition) is 3. The fourth-order valence-corrected chi connectivity index (χ4v) is 2.50.